The first-order chi connectivity index (χ1) is 10.1. The molecule has 0 unspecified atom stereocenters. The Labute approximate surface area is 121 Å². The van der Waals surface area contributed by atoms with Gasteiger partial charge in [0.2, 0.25) is 11.7 Å². The Kier molecular flexibility index (Phi) is 3.50. The zero-order valence-electron chi connectivity index (χ0n) is 11.5. The van der Waals surface area contributed by atoms with Crippen LogP contribution < -0.4 is 5.73 Å². The molecule has 0 aliphatic carbocycles. The highest BCUT2D eigenvalue weighted by Gasteiger charge is 2.17. The predicted octanol–water partition coefficient (Wildman–Crippen LogP) is 3.23. The molecular weight excluding hydrogens is 269 g/mol. The molecule has 2 N–H and O–H groups in total. The predicted molar refractivity (Wildman–Crippen MR) is 76.9 cm³/mol. The number of aromatic nitrogens is 2. The monoisotopic (exact) mass is 283 g/mol. The van der Waals surface area contributed by atoms with Gasteiger partial charge in [-0.25, -0.2) is 4.39 Å². The first kappa shape index (κ1) is 13.5. The van der Waals surface area contributed by atoms with E-state index in [1.54, 1.807) is 19.1 Å². The minimum atomic E-state index is -0.497. The molecule has 0 radical (unpaired) electrons. The van der Waals surface area contributed by atoms with Gasteiger partial charge in [-0.05, 0) is 24.1 Å². The van der Waals surface area contributed by atoms with E-state index in [0.717, 1.165) is 5.56 Å². The number of halogens is 1. The first-order valence-electron chi connectivity index (χ1n) is 6.56. The van der Waals surface area contributed by atoms with Crippen molar-refractivity contribution in [1.29, 1.82) is 0 Å². The highest BCUT2D eigenvalue weighted by Crippen LogP contribution is 2.23. The van der Waals surface area contributed by atoms with E-state index in [-0.39, 0.29) is 5.82 Å². The third kappa shape index (κ3) is 2.68. The van der Waals surface area contributed by atoms with Crippen LogP contribution in [-0.2, 0) is 0 Å². The van der Waals surface area contributed by atoms with E-state index in [4.69, 9.17) is 10.3 Å². The van der Waals surface area contributed by atoms with Crippen LogP contribution in [0.5, 0.6) is 0 Å². The number of nitrogens with two attached hydrogens (primary N) is 1. The largest absolute Gasteiger partial charge is 0.337 e. The lowest BCUT2D eigenvalue weighted by atomic mass is 10.1. The molecule has 106 valence electrons. The van der Waals surface area contributed by atoms with Gasteiger partial charge in [0.05, 0.1) is 0 Å². The number of aryl methyl sites for hydroxylation is 1. The molecule has 3 aromatic rings. The Morgan fingerprint density at radius 1 is 1.14 bits per heavy atom. The highest BCUT2D eigenvalue weighted by molar-refractivity contribution is 5.55. The smallest absolute Gasteiger partial charge is 0.248 e. The van der Waals surface area contributed by atoms with E-state index < -0.39 is 6.04 Å². The lowest BCUT2D eigenvalue weighted by Crippen LogP contribution is -2.11. The lowest BCUT2D eigenvalue weighted by molar-refractivity contribution is 0.367. The van der Waals surface area contributed by atoms with Crippen LogP contribution in [0.15, 0.2) is 53.1 Å². The van der Waals surface area contributed by atoms with Crippen molar-refractivity contribution in [3.05, 3.63) is 71.4 Å². The molecule has 2 aromatic carbocycles. The van der Waals surface area contributed by atoms with Crippen LogP contribution >= 0.6 is 0 Å². The van der Waals surface area contributed by atoms with Crippen molar-refractivity contribution >= 4 is 0 Å². The molecule has 0 amide bonds. The number of benzene rings is 2. The number of hydrogen-bond donors (Lipinski definition) is 1. The fourth-order valence-corrected chi connectivity index (χ4v) is 2.01. The molecular formula is C16H14FN3O. The summed E-state index contributed by atoms with van der Waals surface area (Å²) in [4.78, 5) is 4.26. The Hall–Kier alpha value is -2.53. The van der Waals surface area contributed by atoms with Crippen molar-refractivity contribution in [3.8, 4) is 11.4 Å². The Balaban J connectivity index is 1.91. The molecule has 4 nitrogen and oxygen atoms in total. The third-order valence-corrected chi connectivity index (χ3v) is 3.30. The second-order valence-corrected chi connectivity index (χ2v) is 4.81. The van der Waals surface area contributed by atoms with E-state index in [1.807, 2.05) is 30.3 Å². The average Bonchev–Trinajstić information content (AvgIpc) is 3.00. The van der Waals surface area contributed by atoms with Gasteiger partial charge in [-0.3, -0.25) is 0 Å². The van der Waals surface area contributed by atoms with Gasteiger partial charge in [0.15, 0.2) is 0 Å². The highest BCUT2D eigenvalue weighted by atomic mass is 19.1. The second kappa shape index (κ2) is 5.46. The normalized spacial score (nSPS) is 12.3. The lowest BCUT2D eigenvalue weighted by Gasteiger charge is -2.05. The summed E-state index contributed by atoms with van der Waals surface area (Å²) in [6.45, 7) is 1.70. The number of hydrogen-bond acceptors (Lipinski definition) is 4. The van der Waals surface area contributed by atoms with Crippen LogP contribution in [0.25, 0.3) is 11.4 Å². The quantitative estimate of drug-likeness (QED) is 0.801. The summed E-state index contributed by atoms with van der Waals surface area (Å²) in [5.74, 6) is 0.332. The Morgan fingerprint density at radius 2 is 1.90 bits per heavy atom. The molecule has 1 heterocycles. The van der Waals surface area contributed by atoms with Gasteiger partial charge in [-0.2, -0.15) is 4.98 Å². The van der Waals surface area contributed by atoms with Crippen molar-refractivity contribution in [2.45, 2.75) is 13.0 Å². The zero-order valence-corrected chi connectivity index (χ0v) is 11.5. The summed E-state index contributed by atoms with van der Waals surface area (Å²) in [6, 6.07) is 13.8. The molecule has 0 saturated heterocycles. The van der Waals surface area contributed by atoms with Gasteiger partial charge in [0.1, 0.15) is 11.9 Å². The van der Waals surface area contributed by atoms with Crippen LogP contribution in [0.3, 0.4) is 0 Å². The molecule has 0 fully saturated rings. The van der Waals surface area contributed by atoms with Gasteiger partial charge in [0, 0.05) is 5.56 Å². The number of rotatable bonds is 3. The molecule has 0 saturated carbocycles. The van der Waals surface area contributed by atoms with Gasteiger partial charge < -0.3 is 10.3 Å². The van der Waals surface area contributed by atoms with Crippen molar-refractivity contribution in [2.24, 2.45) is 5.73 Å². The van der Waals surface area contributed by atoms with Gasteiger partial charge in [-0.15, -0.1) is 0 Å². The van der Waals surface area contributed by atoms with Crippen molar-refractivity contribution in [2.75, 3.05) is 0 Å². The topological polar surface area (TPSA) is 64.9 Å². The zero-order chi connectivity index (χ0) is 14.8. The molecule has 0 spiro atoms. The van der Waals surface area contributed by atoms with Gasteiger partial charge >= 0.3 is 0 Å². The molecule has 1 aromatic heterocycles. The summed E-state index contributed by atoms with van der Waals surface area (Å²) in [6.07, 6.45) is 0. The molecule has 0 aliphatic heterocycles. The van der Waals surface area contributed by atoms with E-state index in [2.05, 4.69) is 10.1 Å². The molecule has 1 atom stereocenters. The maximum Gasteiger partial charge on any atom is 0.248 e. The standard InChI is InChI=1S/C16H14FN3O/c1-10-7-8-12(9-13(10)17)15-19-16(21-20-15)14(18)11-5-3-2-4-6-11/h2-9,14H,18H2,1H3/t14-/m1/s1. The molecule has 21 heavy (non-hydrogen) atoms. The number of nitrogens with zero attached hydrogens (tertiary/aromatic N) is 2. The maximum absolute atomic E-state index is 13.6. The molecule has 0 bridgehead atoms. The minimum Gasteiger partial charge on any atom is -0.337 e. The van der Waals surface area contributed by atoms with Crippen LogP contribution in [0.1, 0.15) is 23.1 Å². The van der Waals surface area contributed by atoms with E-state index in [1.165, 1.54) is 6.07 Å². The Bertz CT molecular complexity index is 755. The van der Waals surface area contributed by atoms with Crippen LogP contribution in [0.4, 0.5) is 4.39 Å². The summed E-state index contributed by atoms with van der Waals surface area (Å²) in [7, 11) is 0. The van der Waals surface area contributed by atoms with E-state index >= 15 is 0 Å². The van der Waals surface area contributed by atoms with E-state index in [0.29, 0.717) is 22.8 Å². The third-order valence-electron chi connectivity index (χ3n) is 3.30. The SMILES string of the molecule is Cc1ccc(-c2noc([C@H](N)c3ccccc3)n2)cc1F. The fraction of sp³-hybridized carbons (Fsp3) is 0.125. The van der Waals surface area contributed by atoms with Crippen LogP contribution in [-0.4, -0.2) is 10.1 Å². The summed E-state index contributed by atoms with van der Waals surface area (Å²) in [5.41, 5.74) is 8.10. The second-order valence-electron chi connectivity index (χ2n) is 4.81. The van der Waals surface area contributed by atoms with Crippen LogP contribution in [0, 0.1) is 12.7 Å². The van der Waals surface area contributed by atoms with Crippen molar-refractivity contribution < 1.29 is 8.91 Å². The molecule has 3 rings (SSSR count). The van der Waals surface area contributed by atoms with Crippen molar-refractivity contribution in [1.82, 2.24) is 10.1 Å². The van der Waals surface area contributed by atoms with Gasteiger partial charge in [-0.1, -0.05) is 47.6 Å². The minimum absolute atomic E-state index is 0.300. The van der Waals surface area contributed by atoms with Crippen LogP contribution in [0.2, 0.25) is 0 Å². The van der Waals surface area contributed by atoms with Crippen molar-refractivity contribution in [3.63, 3.8) is 0 Å². The van der Waals surface area contributed by atoms with Gasteiger partial charge in [0.25, 0.3) is 0 Å². The fourth-order valence-electron chi connectivity index (χ4n) is 2.01. The maximum atomic E-state index is 13.6. The first-order valence-corrected chi connectivity index (χ1v) is 6.56. The summed E-state index contributed by atoms with van der Waals surface area (Å²) < 4.78 is 18.8. The Morgan fingerprint density at radius 3 is 2.62 bits per heavy atom. The molecule has 0 aliphatic rings. The molecule has 5 heteroatoms. The summed E-state index contributed by atoms with van der Waals surface area (Å²) >= 11 is 0. The average molecular weight is 283 g/mol. The summed E-state index contributed by atoms with van der Waals surface area (Å²) in [5, 5.41) is 3.87. The van der Waals surface area contributed by atoms with E-state index in [9.17, 15) is 4.39 Å².